The van der Waals surface area contributed by atoms with Crippen LogP contribution in [0.25, 0.3) is 0 Å². The van der Waals surface area contributed by atoms with Crippen LogP contribution in [0.1, 0.15) is 38.7 Å². The van der Waals surface area contributed by atoms with Crippen molar-refractivity contribution in [2.24, 2.45) is 17.8 Å². The number of carbonyl (C=O) groups excluding carboxylic acids is 1. The van der Waals surface area contributed by atoms with Crippen LogP contribution in [0, 0.1) is 23.6 Å². The van der Waals surface area contributed by atoms with Crippen molar-refractivity contribution in [3.63, 3.8) is 0 Å². The first kappa shape index (κ1) is 21.9. The number of nitrogens with zero attached hydrogens (tertiary/aromatic N) is 1. The minimum atomic E-state index is -4.72. The number of carbonyl (C=O) groups is 1. The molecule has 1 aliphatic heterocycles. The van der Waals surface area contributed by atoms with Crippen LogP contribution < -0.4 is 15.5 Å². The average molecular weight is 415 g/mol. The SMILES string of the molecule is CN[C@@H](CC(C)C)C(=O)N[C@H]1CC[C@@H]2CN(c3cccc(C(F)(F)F)c3F)C[C@@H]21. The molecule has 1 aromatic carbocycles. The topological polar surface area (TPSA) is 44.4 Å². The van der Waals surface area contributed by atoms with Gasteiger partial charge in [-0.2, -0.15) is 13.2 Å². The van der Waals surface area contributed by atoms with E-state index in [1.165, 1.54) is 12.1 Å². The number of likely N-dealkylation sites (N-methyl/N-ethyl adjacent to an activating group) is 1. The lowest BCUT2D eigenvalue weighted by atomic mass is 9.97. The highest BCUT2D eigenvalue weighted by Gasteiger charge is 2.45. The number of halogens is 4. The Morgan fingerprint density at radius 2 is 1.97 bits per heavy atom. The van der Waals surface area contributed by atoms with Crippen molar-refractivity contribution in [1.82, 2.24) is 10.6 Å². The lowest BCUT2D eigenvalue weighted by Crippen LogP contribution is -2.49. The standard InChI is InChI=1S/C21H29F4N3O/c1-12(2)9-17(26-3)20(29)27-16-8-7-13-10-28(11-14(13)16)18-6-4-5-15(19(18)22)21(23,24)25/h4-6,12-14,16-17,26H,7-11H2,1-3H3,(H,27,29)/t13-,14+,16+,17+/m1/s1. The number of rotatable bonds is 6. The van der Waals surface area contributed by atoms with E-state index < -0.39 is 17.6 Å². The highest BCUT2D eigenvalue weighted by atomic mass is 19.4. The Hall–Kier alpha value is -1.83. The van der Waals surface area contributed by atoms with Crippen LogP contribution in [-0.4, -0.2) is 38.1 Å². The van der Waals surface area contributed by atoms with E-state index in [0.717, 1.165) is 25.3 Å². The summed E-state index contributed by atoms with van der Waals surface area (Å²) in [5, 5.41) is 6.18. The fourth-order valence-corrected chi connectivity index (χ4v) is 4.73. The van der Waals surface area contributed by atoms with Gasteiger partial charge in [0.1, 0.15) is 0 Å². The van der Waals surface area contributed by atoms with E-state index >= 15 is 0 Å². The molecular formula is C21H29F4N3O. The Balaban J connectivity index is 1.70. The van der Waals surface area contributed by atoms with Crippen molar-refractivity contribution in [1.29, 1.82) is 0 Å². The van der Waals surface area contributed by atoms with E-state index in [9.17, 15) is 22.4 Å². The summed E-state index contributed by atoms with van der Waals surface area (Å²) in [7, 11) is 1.76. The Bertz CT molecular complexity index is 737. The van der Waals surface area contributed by atoms with Crippen molar-refractivity contribution in [2.45, 2.75) is 51.4 Å². The van der Waals surface area contributed by atoms with Gasteiger partial charge in [0, 0.05) is 25.0 Å². The summed E-state index contributed by atoms with van der Waals surface area (Å²) >= 11 is 0. The summed E-state index contributed by atoms with van der Waals surface area (Å²) in [6.07, 6.45) is -2.27. The molecular weight excluding hydrogens is 386 g/mol. The van der Waals surface area contributed by atoms with Crippen LogP contribution >= 0.6 is 0 Å². The van der Waals surface area contributed by atoms with E-state index in [-0.39, 0.29) is 35.5 Å². The second-order valence-electron chi connectivity index (χ2n) is 8.63. The van der Waals surface area contributed by atoms with Crippen molar-refractivity contribution in [3.05, 3.63) is 29.6 Å². The van der Waals surface area contributed by atoms with Gasteiger partial charge in [-0.15, -0.1) is 0 Å². The van der Waals surface area contributed by atoms with E-state index in [1.54, 1.807) is 11.9 Å². The lowest BCUT2D eigenvalue weighted by Gasteiger charge is -2.26. The number of amides is 1. The van der Waals surface area contributed by atoms with Crippen molar-refractivity contribution in [2.75, 3.05) is 25.0 Å². The molecule has 8 heteroatoms. The van der Waals surface area contributed by atoms with Gasteiger partial charge in [0.15, 0.2) is 5.82 Å². The molecule has 1 amide bonds. The molecule has 3 rings (SSSR count). The van der Waals surface area contributed by atoms with Crippen LogP contribution in [0.3, 0.4) is 0 Å². The van der Waals surface area contributed by atoms with Crippen LogP contribution in [0.4, 0.5) is 23.2 Å². The third kappa shape index (κ3) is 4.68. The number of benzene rings is 1. The Morgan fingerprint density at radius 1 is 1.24 bits per heavy atom. The zero-order valence-electron chi connectivity index (χ0n) is 17.0. The Kier molecular flexibility index (Phi) is 6.41. The molecule has 29 heavy (non-hydrogen) atoms. The fraction of sp³-hybridized carbons (Fsp3) is 0.667. The highest BCUT2D eigenvalue weighted by molar-refractivity contribution is 5.82. The molecule has 1 saturated carbocycles. The molecule has 4 atom stereocenters. The first-order chi connectivity index (χ1) is 13.6. The lowest BCUT2D eigenvalue weighted by molar-refractivity contribution is -0.139. The maximum atomic E-state index is 14.5. The number of alkyl halides is 3. The van der Waals surface area contributed by atoms with E-state index in [4.69, 9.17) is 0 Å². The molecule has 0 bridgehead atoms. The van der Waals surface area contributed by atoms with Gasteiger partial charge in [-0.3, -0.25) is 4.79 Å². The monoisotopic (exact) mass is 415 g/mol. The predicted octanol–water partition coefficient (Wildman–Crippen LogP) is 3.81. The van der Waals surface area contributed by atoms with Gasteiger partial charge in [-0.05, 0) is 50.3 Å². The number of hydrogen-bond donors (Lipinski definition) is 2. The van der Waals surface area contributed by atoms with Gasteiger partial charge < -0.3 is 15.5 Å². The number of anilines is 1. The molecule has 0 spiro atoms. The first-order valence-electron chi connectivity index (χ1n) is 10.2. The van der Waals surface area contributed by atoms with E-state index in [1.807, 2.05) is 0 Å². The Morgan fingerprint density at radius 3 is 2.59 bits per heavy atom. The van der Waals surface area contributed by atoms with Gasteiger partial charge in [-0.1, -0.05) is 19.9 Å². The molecule has 1 saturated heterocycles. The molecule has 1 heterocycles. The molecule has 2 N–H and O–H groups in total. The summed E-state index contributed by atoms with van der Waals surface area (Å²) in [4.78, 5) is 14.3. The number of fused-ring (bicyclic) bond motifs is 1. The molecule has 2 fully saturated rings. The Labute approximate surface area is 169 Å². The minimum Gasteiger partial charge on any atom is -0.369 e. The largest absolute Gasteiger partial charge is 0.419 e. The van der Waals surface area contributed by atoms with Crippen LogP contribution in [0.2, 0.25) is 0 Å². The molecule has 1 aromatic rings. The second-order valence-corrected chi connectivity index (χ2v) is 8.63. The van der Waals surface area contributed by atoms with E-state index in [0.29, 0.717) is 19.0 Å². The second kappa shape index (κ2) is 8.50. The molecule has 2 aliphatic rings. The third-order valence-corrected chi connectivity index (χ3v) is 6.18. The number of hydrogen-bond acceptors (Lipinski definition) is 3. The van der Waals surface area contributed by atoms with Crippen LogP contribution in [0.5, 0.6) is 0 Å². The molecule has 0 unspecified atom stereocenters. The fourth-order valence-electron chi connectivity index (χ4n) is 4.73. The predicted molar refractivity (Wildman–Crippen MR) is 104 cm³/mol. The quantitative estimate of drug-likeness (QED) is 0.695. The zero-order chi connectivity index (χ0) is 21.3. The molecule has 0 radical (unpaired) electrons. The summed E-state index contributed by atoms with van der Waals surface area (Å²) < 4.78 is 53.7. The van der Waals surface area contributed by atoms with Gasteiger partial charge in [-0.25, -0.2) is 4.39 Å². The summed E-state index contributed by atoms with van der Waals surface area (Å²) in [5.74, 6) is -0.527. The molecule has 162 valence electrons. The smallest absolute Gasteiger partial charge is 0.369 e. The molecule has 4 nitrogen and oxygen atoms in total. The minimum absolute atomic E-state index is 0.00721. The van der Waals surface area contributed by atoms with Crippen molar-refractivity contribution >= 4 is 11.6 Å². The first-order valence-corrected chi connectivity index (χ1v) is 10.2. The zero-order valence-corrected chi connectivity index (χ0v) is 17.0. The highest BCUT2D eigenvalue weighted by Crippen LogP contribution is 2.42. The third-order valence-electron chi connectivity index (χ3n) is 6.18. The van der Waals surface area contributed by atoms with E-state index in [2.05, 4.69) is 24.5 Å². The van der Waals surface area contributed by atoms with Crippen molar-refractivity contribution < 1.29 is 22.4 Å². The number of nitrogens with one attached hydrogen (secondary N) is 2. The summed E-state index contributed by atoms with van der Waals surface area (Å²) in [6, 6.07) is 3.12. The molecule has 1 aliphatic carbocycles. The summed E-state index contributed by atoms with van der Waals surface area (Å²) in [6.45, 7) is 5.07. The maximum Gasteiger partial charge on any atom is 0.419 e. The van der Waals surface area contributed by atoms with Gasteiger partial charge in [0.2, 0.25) is 5.91 Å². The van der Waals surface area contributed by atoms with Crippen LogP contribution in [-0.2, 0) is 11.0 Å². The normalized spacial score (nSPS) is 25.4. The van der Waals surface area contributed by atoms with Crippen molar-refractivity contribution in [3.8, 4) is 0 Å². The van der Waals surface area contributed by atoms with Gasteiger partial charge in [0.05, 0.1) is 17.3 Å². The van der Waals surface area contributed by atoms with Gasteiger partial charge >= 0.3 is 6.18 Å². The summed E-state index contributed by atoms with van der Waals surface area (Å²) in [5.41, 5.74) is -1.24. The van der Waals surface area contributed by atoms with Gasteiger partial charge in [0.25, 0.3) is 0 Å². The van der Waals surface area contributed by atoms with Crippen LogP contribution in [0.15, 0.2) is 18.2 Å². The molecule has 0 aromatic heterocycles. The average Bonchev–Trinajstić information content (AvgIpc) is 3.20. The maximum absolute atomic E-state index is 14.5.